The summed E-state index contributed by atoms with van der Waals surface area (Å²) in [6, 6.07) is 37.4. The number of methoxy groups -OCH3 is 1. The maximum atomic E-state index is 12.6. The number of aliphatic hydroxyl groups excluding tert-OH is 1. The summed E-state index contributed by atoms with van der Waals surface area (Å²) < 4.78 is 15.8. The summed E-state index contributed by atoms with van der Waals surface area (Å²) in [5, 5.41) is 29.8. The number of carbonyl (C=O) groups excluding carboxylic acids is 2. The molecule has 3 N–H and O–H groups in total. The maximum Gasteiger partial charge on any atom is 0.314 e. The van der Waals surface area contributed by atoms with Gasteiger partial charge in [0.25, 0.3) is 13.8 Å². The molecular formula is C47H64B2O8. The van der Waals surface area contributed by atoms with Gasteiger partial charge in [-0.05, 0) is 111 Å². The lowest BCUT2D eigenvalue weighted by atomic mass is 9.60. The van der Waals surface area contributed by atoms with Crippen molar-refractivity contribution in [2.45, 2.75) is 79.7 Å². The Morgan fingerprint density at radius 3 is 1.28 bits per heavy atom. The molecule has 4 atom stereocenters. The van der Waals surface area contributed by atoms with E-state index >= 15 is 0 Å². The molecule has 0 saturated carbocycles. The molecule has 0 aliphatic rings. The summed E-state index contributed by atoms with van der Waals surface area (Å²) >= 11 is 0. The molecule has 0 bridgehead atoms. The Morgan fingerprint density at radius 2 is 0.947 bits per heavy atom. The highest BCUT2D eigenvalue weighted by molar-refractivity contribution is 6.48. The molecule has 4 aromatic carbocycles. The van der Waals surface area contributed by atoms with Gasteiger partial charge in [0.1, 0.15) is 0 Å². The highest BCUT2D eigenvalue weighted by Gasteiger charge is 2.39. The second-order valence-electron chi connectivity index (χ2n) is 16.0. The first kappa shape index (κ1) is 47.2. The average Bonchev–Trinajstić information content (AvgIpc) is 3.19. The highest BCUT2D eigenvalue weighted by Crippen LogP contribution is 2.34. The number of hydrogen-bond donors (Lipinski definition) is 3. The van der Waals surface area contributed by atoms with Gasteiger partial charge in [-0.1, -0.05) is 123 Å². The van der Waals surface area contributed by atoms with Crippen molar-refractivity contribution >= 4 is 25.8 Å². The van der Waals surface area contributed by atoms with E-state index in [1.54, 1.807) is 34.6 Å². The third kappa shape index (κ3) is 15.6. The van der Waals surface area contributed by atoms with Gasteiger partial charge in [0.15, 0.2) is 0 Å². The maximum absolute atomic E-state index is 12.6. The quantitative estimate of drug-likeness (QED) is 0.0567. The predicted octanol–water partition coefficient (Wildman–Crippen LogP) is 8.81. The zero-order chi connectivity index (χ0) is 41.8. The van der Waals surface area contributed by atoms with Gasteiger partial charge in [0.2, 0.25) is 0 Å². The molecule has 8 nitrogen and oxygen atoms in total. The van der Waals surface area contributed by atoms with Crippen LogP contribution in [0.2, 0.25) is 26.3 Å². The van der Waals surface area contributed by atoms with E-state index in [1.807, 2.05) is 50.2 Å². The first-order valence-corrected chi connectivity index (χ1v) is 20.3. The van der Waals surface area contributed by atoms with Crippen molar-refractivity contribution < 1.29 is 39.0 Å². The van der Waals surface area contributed by atoms with Crippen molar-refractivity contribution in [2.24, 2.45) is 22.7 Å². The van der Waals surface area contributed by atoms with E-state index in [4.69, 9.17) is 14.2 Å². The Balaban J connectivity index is 0.000000306. The van der Waals surface area contributed by atoms with Crippen molar-refractivity contribution in [1.29, 1.82) is 0 Å². The number of carbonyl (C=O) groups is 2. The van der Waals surface area contributed by atoms with Crippen molar-refractivity contribution in [1.82, 2.24) is 0 Å². The smallest absolute Gasteiger partial charge is 0.314 e. The molecule has 0 radical (unpaired) electrons. The van der Waals surface area contributed by atoms with Crippen LogP contribution < -0.4 is 0 Å². The molecule has 0 aliphatic heterocycles. The number of esters is 2. The van der Waals surface area contributed by atoms with E-state index in [9.17, 15) is 24.7 Å². The topological polar surface area (TPSA) is 123 Å². The molecule has 10 heteroatoms. The van der Waals surface area contributed by atoms with E-state index < -0.39 is 24.7 Å². The summed E-state index contributed by atoms with van der Waals surface area (Å²) in [6.07, 6.45) is 3.78. The number of benzene rings is 4. The first-order valence-electron chi connectivity index (χ1n) is 20.3. The third-order valence-corrected chi connectivity index (χ3v) is 10.3. The Bertz CT molecular complexity index is 1740. The Morgan fingerprint density at radius 1 is 0.596 bits per heavy atom. The molecule has 0 spiro atoms. The van der Waals surface area contributed by atoms with E-state index in [2.05, 4.69) is 72.8 Å². The Hall–Kier alpha value is -4.21. The molecule has 306 valence electrons. The molecule has 0 saturated heterocycles. The van der Waals surface area contributed by atoms with Gasteiger partial charge in [-0.25, -0.2) is 0 Å². The van der Waals surface area contributed by atoms with E-state index in [-0.39, 0.29) is 37.0 Å². The second-order valence-corrected chi connectivity index (χ2v) is 16.0. The molecule has 57 heavy (non-hydrogen) atoms. The van der Waals surface area contributed by atoms with Gasteiger partial charge in [-0.2, -0.15) is 0 Å². The molecule has 0 aromatic heterocycles. The fourth-order valence-electron chi connectivity index (χ4n) is 7.65. The van der Waals surface area contributed by atoms with E-state index in [1.165, 1.54) is 22.3 Å². The lowest BCUT2D eigenvalue weighted by Crippen LogP contribution is -2.37. The zero-order valence-electron chi connectivity index (χ0n) is 35.2. The molecule has 0 fully saturated rings. The minimum atomic E-state index is -0.959. The minimum Gasteiger partial charge on any atom is -0.466 e. The fourth-order valence-corrected chi connectivity index (χ4v) is 7.65. The zero-order valence-corrected chi connectivity index (χ0v) is 35.2. The molecule has 4 rings (SSSR count). The monoisotopic (exact) mass is 778 g/mol. The van der Waals surface area contributed by atoms with Crippen molar-refractivity contribution in [3.8, 4) is 22.3 Å². The van der Waals surface area contributed by atoms with E-state index in [0.717, 1.165) is 24.0 Å². The average molecular weight is 779 g/mol. The van der Waals surface area contributed by atoms with Crippen molar-refractivity contribution in [2.75, 3.05) is 33.5 Å². The summed E-state index contributed by atoms with van der Waals surface area (Å²) in [4.78, 5) is 24.9. The number of ether oxygens (including phenoxy) is 3. The fraction of sp³-hybridized carbons (Fsp3) is 0.447. The van der Waals surface area contributed by atoms with Crippen LogP contribution >= 0.6 is 0 Å². The van der Waals surface area contributed by atoms with Crippen LogP contribution in [0.4, 0.5) is 0 Å². The number of rotatable bonds is 21. The standard InChI is InChI=1S/C24H33BO4.C23H31BO4/c1-5-29-23(26)24(2,18-28-4)16-20(17-25(3)27)15-19-11-13-22(14-12-19)21-9-7-6-8-10-21;1-4-28-22(26)23(2,17-25)15-19(16-24(3)27)14-18-10-12-21(13-11-18)20-8-6-5-7-9-20/h6-14,20,27H,5,15-18H2,1-4H3;5-13,19,25,27H,4,14-17H2,1-3H3/t20-,24+;19-,23+/m11/s1. The SMILES string of the molecule is CCOC(=O)[C@](C)(CO)C[C@H](CB(C)O)Cc1ccc(-c2ccccc2)cc1.CCOC(=O)[C@](C)(COC)C[C@H](CB(C)O)Cc1ccc(-c2ccccc2)cc1. The van der Waals surface area contributed by atoms with Crippen molar-refractivity contribution in [3.05, 3.63) is 120 Å². The summed E-state index contributed by atoms with van der Waals surface area (Å²) in [5.74, 6) is -0.421. The lowest BCUT2D eigenvalue weighted by molar-refractivity contribution is -0.159. The molecule has 0 unspecified atom stereocenters. The lowest BCUT2D eigenvalue weighted by Gasteiger charge is -2.31. The van der Waals surface area contributed by atoms with Gasteiger partial charge in [-0.15, -0.1) is 0 Å². The van der Waals surface area contributed by atoms with Crippen LogP contribution in [0.25, 0.3) is 22.3 Å². The van der Waals surface area contributed by atoms with Crippen LogP contribution in [-0.2, 0) is 36.6 Å². The summed E-state index contributed by atoms with van der Waals surface area (Å²) in [5.41, 5.74) is 5.35. The predicted molar refractivity (Wildman–Crippen MR) is 233 cm³/mol. The molecule has 0 aliphatic carbocycles. The van der Waals surface area contributed by atoms with Crippen LogP contribution in [0.3, 0.4) is 0 Å². The summed E-state index contributed by atoms with van der Waals surface area (Å²) in [6.45, 7) is 10.5. The van der Waals surface area contributed by atoms with Gasteiger partial charge >= 0.3 is 11.9 Å². The molecule has 0 amide bonds. The largest absolute Gasteiger partial charge is 0.466 e. The second kappa shape index (κ2) is 23.9. The van der Waals surface area contributed by atoms with Crippen LogP contribution in [0, 0.1) is 22.7 Å². The minimum absolute atomic E-state index is 0.0594. The number of hydrogen-bond acceptors (Lipinski definition) is 8. The number of aliphatic hydroxyl groups is 1. The third-order valence-electron chi connectivity index (χ3n) is 10.3. The normalized spacial score (nSPS) is 14.1. The van der Waals surface area contributed by atoms with Crippen LogP contribution in [0.5, 0.6) is 0 Å². The molecule has 4 aromatic rings. The first-order chi connectivity index (χ1) is 27.2. The van der Waals surface area contributed by atoms with Crippen LogP contribution in [-0.4, -0.2) is 74.5 Å². The Labute approximate surface area is 342 Å². The molecular weight excluding hydrogens is 714 g/mol. The van der Waals surface area contributed by atoms with Gasteiger partial charge in [0.05, 0.1) is 37.3 Å². The summed E-state index contributed by atoms with van der Waals surface area (Å²) in [7, 11) is 1.60. The van der Waals surface area contributed by atoms with Crippen LogP contribution in [0.1, 0.15) is 51.7 Å². The van der Waals surface area contributed by atoms with Crippen molar-refractivity contribution in [3.63, 3.8) is 0 Å². The van der Waals surface area contributed by atoms with Gasteiger partial charge in [-0.3, -0.25) is 9.59 Å². The Kier molecular flexibility index (Phi) is 19.8. The van der Waals surface area contributed by atoms with Crippen LogP contribution in [0.15, 0.2) is 109 Å². The highest BCUT2D eigenvalue weighted by atomic mass is 16.5. The van der Waals surface area contributed by atoms with Gasteiger partial charge in [0, 0.05) is 7.11 Å². The van der Waals surface area contributed by atoms with Gasteiger partial charge < -0.3 is 29.4 Å². The van der Waals surface area contributed by atoms with E-state index in [0.29, 0.717) is 38.7 Å². The molecule has 0 heterocycles.